The molecular formula is C15H21F3N4O2S. The summed E-state index contributed by atoms with van der Waals surface area (Å²) in [6.45, 7) is 4.93. The van der Waals surface area contributed by atoms with Crippen LogP contribution in [-0.2, 0) is 10.9 Å². The number of carbonyl (C=O) groups is 1. The molecule has 25 heavy (non-hydrogen) atoms. The van der Waals surface area contributed by atoms with Crippen LogP contribution in [0.4, 0.5) is 23.8 Å². The molecule has 0 aromatic carbocycles. The summed E-state index contributed by atoms with van der Waals surface area (Å²) in [5, 5.41) is 2.96. The van der Waals surface area contributed by atoms with Gasteiger partial charge in [0.2, 0.25) is 0 Å². The maximum absolute atomic E-state index is 13.0. The largest absolute Gasteiger partial charge is 0.443 e. The molecular weight excluding hydrogens is 357 g/mol. The van der Waals surface area contributed by atoms with Crippen LogP contribution in [0.5, 0.6) is 0 Å². The first-order valence-corrected chi connectivity index (χ1v) is 9.05. The Morgan fingerprint density at radius 1 is 1.44 bits per heavy atom. The van der Waals surface area contributed by atoms with E-state index in [1.807, 2.05) is 13.8 Å². The van der Waals surface area contributed by atoms with E-state index in [2.05, 4.69) is 15.3 Å². The van der Waals surface area contributed by atoms with Crippen LogP contribution in [0.3, 0.4) is 0 Å². The van der Waals surface area contributed by atoms with E-state index in [4.69, 9.17) is 4.74 Å². The summed E-state index contributed by atoms with van der Waals surface area (Å²) in [5.74, 6) is -0.241. The molecule has 1 N–H and O–H groups in total. The van der Waals surface area contributed by atoms with Crippen molar-refractivity contribution >= 4 is 23.7 Å². The number of alkyl halides is 3. The molecule has 0 spiro atoms. The minimum Gasteiger partial charge on any atom is -0.443 e. The fourth-order valence-electron chi connectivity index (χ4n) is 2.33. The van der Waals surface area contributed by atoms with Crippen LogP contribution in [-0.4, -0.2) is 52.5 Å². The van der Waals surface area contributed by atoms with Gasteiger partial charge in [0.15, 0.2) is 5.16 Å². The molecule has 0 bridgehead atoms. The molecule has 2 heterocycles. The minimum atomic E-state index is -4.53. The van der Waals surface area contributed by atoms with E-state index in [-0.39, 0.29) is 23.6 Å². The molecule has 2 rings (SSSR count). The fraction of sp³-hybridized carbons (Fsp3) is 0.667. The highest BCUT2D eigenvalue weighted by atomic mass is 32.2. The number of hydrogen-bond donors (Lipinski definition) is 1. The predicted octanol–water partition coefficient (Wildman–Crippen LogP) is 3.64. The van der Waals surface area contributed by atoms with E-state index in [0.717, 1.165) is 6.20 Å². The number of halogens is 3. The lowest BCUT2D eigenvalue weighted by molar-refractivity contribution is -0.137. The average molecular weight is 378 g/mol. The Morgan fingerprint density at radius 3 is 2.76 bits per heavy atom. The molecule has 1 aliphatic heterocycles. The molecule has 140 valence electrons. The van der Waals surface area contributed by atoms with Crippen LogP contribution >= 0.6 is 11.8 Å². The minimum absolute atomic E-state index is 0.241. The van der Waals surface area contributed by atoms with Gasteiger partial charge in [0.25, 0.3) is 0 Å². The van der Waals surface area contributed by atoms with Crippen molar-refractivity contribution < 1.29 is 22.7 Å². The quantitative estimate of drug-likeness (QED) is 0.463. The number of anilines is 1. The number of ether oxygens (including phenoxy) is 1. The molecule has 0 aliphatic carbocycles. The highest BCUT2D eigenvalue weighted by Crippen LogP contribution is 2.34. The Balaban J connectivity index is 1.90. The van der Waals surface area contributed by atoms with Crippen LogP contribution < -0.4 is 5.32 Å². The maximum atomic E-state index is 13.0. The normalized spacial score (nSPS) is 17.4. The summed E-state index contributed by atoms with van der Waals surface area (Å²) in [5.41, 5.74) is -1.37. The Labute approximate surface area is 148 Å². The summed E-state index contributed by atoms with van der Waals surface area (Å²) in [7, 11) is 0. The Morgan fingerprint density at radius 2 is 2.16 bits per heavy atom. The molecule has 1 saturated heterocycles. The summed E-state index contributed by atoms with van der Waals surface area (Å²) in [4.78, 5) is 21.0. The molecule has 1 amide bonds. The number of aromatic nitrogens is 2. The Bertz CT molecular complexity index is 625. The van der Waals surface area contributed by atoms with Crippen molar-refractivity contribution in [3.8, 4) is 0 Å². The maximum Gasteiger partial charge on any atom is 0.421 e. The molecule has 1 aromatic rings. The van der Waals surface area contributed by atoms with Crippen molar-refractivity contribution in [2.75, 3.05) is 31.2 Å². The van der Waals surface area contributed by atoms with E-state index < -0.39 is 17.3 Å². The first-order chi connectivity index (χ1) is 11.6. The third kappa shape index (κ3) is 5.38. The molecule has 1 aromatic heterocycles. The van der Waals surface area contributed by atoms with Crippen molar-refractivity contribution in [2.45, 2.75) is 43.6 Å². The second-order valence-corrected chi connectivity index (χ2v) is 7.04. The lowest BCUT2D eigenvalue weighted by Gasteiger charge is -2.36. The Hall–Kier alpha value is -1.71. The second-order valence-electron chi connectivity index (χ2n) is 6.26. The molecule has 1 aliphatic rings. The first kappa shape index (κ1) is 19.6. The molecule has 0 radical (unpaired) electrons. The highest BCUT2D eigenvalue weighted by molar-refractivity contribution is 7.98. The van der Waals surface area contributed by atoms with Crippen molar-refractivity contribution in [1.82, 2.24) is 14.9 Å². The van der Waals surface area contributed by atoms with Gasteiger partial charge in [-0.25, -0.2) is 14.8 Å². The number of nitrogens with zero attached hydrogens (tertiary/aromatic N) is 3. The van der Waals surface area contributed by atoms with Gasteiger partial charge in [-0.3, -0.25) is 0 Å². The molecule has 0 unspecified atom stereocenters. The number of hydrogen-bond acceptors (Lipinski definition) is 6. The standard InChI is InChI=1S/C15H21F3N4O2S/c1-14(2)5-8-22(13(23)24-14)7-4-6-19-11-10(15(16,17)18)9-20-12(21-11)25-3/h9H,4-8H2,1-3H3,(H,19,20,21). The third-order valence-electron chi connectivity index (χ3n) is 3.76. The second kappa shape index (κ2) is 7.67. The fourth-order valence-corrected chi connectivity index (χ4v) is 2.67. The van der Waals surface area contributed by atoms with Gasteiger partial charge in [0.05, 0.1) is 0 Å². The third-order valence-corrected chi connectivity index (χ3v) is 4.32. The van der Waals surface area contributed by atoms with Crippen molar-refractivity contribution in [3.05, 3.63) is 11.8 Å². The van der Waals surface area contributed by atoms with Gasteiger partial charge in [0, 0.05) is 32.3 Å². The highest BCUT2D eigenvalue weighted by Gasteiger charge is 2.35. The van der Waals surface area contributed by atoms with Crippen LogP contribution in [0.25, 0.3) is 0 Å². The smallest absolute Gasteiger partial charge is 0.421 e. The van der Waals surface area contributed by atoms with Crippen molar-refractivity contribution in [3.63, 3.8) is 0 Å². The molecule has 6 nitrogen and oxygen atoms in total. The van der Waals surface area contributed by atoms with Crippen LogP contribution in [0, 0.1) is 0 Å². The molecule has 1 fully saturated rings. The summed E-state index contributed by atoms with van der Waals surface area (Å²) in [6.07, 6.45) is -1.25. The zero-order valence-corrected chi connectivity index (χ0v) is 15.1. The van der Waals surface area contributed by atoms with E-state index in [1.54, 1.807) is 11.2 Å². The lowest BCUT2D eigenvalue weighted by Crippen LogP contribution is -2.47. The van der Waals surface area contributed by atoms with Gasteiger partial charge < -0.3 is 15.0 Å². The number of rotatable bonds is 6. The number of nitrogens with one attached hydrogen (secondary N) is 1. The molecule has 10 heteroatoms. The number of cyclic esters (lactones) is 1. The monoisotopic (exact) mass is 378 g/mol. The van der Waals surface area contributed by atoms with Gasteiger partial charge in [-0.1, -0.05) is 11.8 Å². The van der Waals surface area contributed by atoms with E-state index in [1.165, 1.54) is 11.8 Å². The van der Waals surface area contributed by atoms with E-state index in [0.29, 0.717) is 25.9 Å². The van der Waals surface area contributed by atoms with Crippen LogP contribution in [0.2, 0.25) is 0 Å². The predicted molar refractivity (Wildman–Crippen MR) is 88.7 cm³/mol. The summed E-state index contributed by atoms with van der Waals surface area (Å²) < 4.78 is 44.3. The average Bonchev–Trinajstić information content (AvgIpc) is 2.51. The Kier molecular flexibility index (Phi) is 6.02. The van der Waals surface area contributed by atoms with Gasteiger partial charge in [-0.2, -0.15) is 13.2 Å². The number of amides is 1. The number of thioether (sulfide) groups is 1. The van der Waals surface area contributed by atoms with E-state index >= 15 is 0 Å². The molecule has 0 saturated carbocycles. The van der Waals surface area contributed by atoms with Gasteiger partial charge in [0.1, 0.15) is 17.0 Å². The SMILES string of the molecule is CSc1ncc(C(F)(F)F)c(NCCCN2CCC(C)(C)OC2=O)n1. The van der Waals surface area contributed by atoms with E-state index in [9.17, 15) is 18.0 Å². The topological polar surface area (TPSA) is 67.3 Å². The number of carbonyl (C=O) groups excluding carboxylic acids is 1. The van der Waals surface area contributed by atoms with Crippen molar-refractivity contribution in [1.29, 1.82) is 0 Å². The van der Waals surface area contributed by atoms with Crippen molar-refractivity contribution in [2.24, 2.45) is 0 Å². The lowest BCUT2D eigenvalue weighted by atomic mass is 10.0. The first-order valence-electron chi connectivity index (χ1n) is 7.82. The van der Waals surface area contributed by atoms with Crippen LogP contribution in [0.15, 0.2) is 11.4 Å². The molecule has 0 atom stereocenters. The zero-order chi connectivity index (χ0) is 18.7. The van der Waals surface area contributed by atoms with Crippen LogP contribution in [0.1, 0.15) is 32.3 Å². The van der Waals surface area contributed by atoms with Gasteiger partial charge in [-0.05, 0) is 26.5 Å². The zero-order valence-electron chi connectivity index (χ0n) is 14.3. The van der Waals surface area contributed by atoms with Gasteiger partial charge >= 0.3 is 12.3 Å². The summed E-state index contributed by atoms with van der Waals surface area (Å²) >= 11 is 1.17. The van der Waals surface area contributed by atoms with Gasteiger partial charge in [-0.15, -0.1) is 0 Å². The summed E-state index contributed by atoms with van der Waals surface area (Å²) in [6, 6.07) is 0.